The third-order valence-electron chi connectivity index (χ3n) is 9.95. The topological polar surface area (TPSA) is 136 Å². The third-order valence-corrected chi connectivity index (χ3v) is 10.8. The number of hydrogen-bond acceptors (Lipinski definition) is 7. The van der Waals surface area contributed by atoms with E-state index in [9.17, 15) is 35.2 Å². The minimum atomic E-state index is -5.09. The quantitative estimate of drug-likeness (QED) is 0.112. The number of carbonyl (C=O) groups excluding carboxylic acids is 1. The number of hydrogen-bond donors (Lipinski definition) is 3. The second-order valence-electron chi connectivity index (χ2n) is 14.4. The van der Waals surface area contributed by atoms with Crippen molar-refractivity contribution in [1.29, 1.82) is 0 Å². The van der Waals surface area contributed by atoms with E-state index in [1.54, 1.807) is 18.2 Å². The predicted molar refractivity (Wildman–Crippen MR) is 200 cm³/mol. The van der Waals surface area contributed by atoms with Crippen LogP contribution in [0.25, 0.3) is 22.0 Å². The van der Waals surface area contributed by atoms with Gasteiger partial charge in [0.1, 0.15) is 29.6 Å². The summed E-state index contributed by atoms with van der Waals surface area (Å²) in [7, 11) is -2.31. The van der Waals surface area contributed by atoms with E-state index in [1.165, 1.54) is 17.8 Å². The molecular weight excluding hydrogens is 817 g/mol. The number of pyridine rings is 1. The second kappa shape index (κ2) is 15.2. The summed E-state index contributed by atoms with van der Waals surface area (Å²) in [5.41, 5.74) is -2.03. The van der Waals surface area contributed by atoms with E-state index in [1.807, 2.05) is 0 Å². The molecule has 1 aliphatic heterocycles. The standard InChI is InChI=1S/C38H34ClF7N8O3S/c1-19-13-27-34(38(44,45)46)50-54(35(27)37(19,42)43)18-30(55)49-29(16-20-14-21(40)17-22(41)15-20)32-25(9-8-24(48-32)7-6-23-5-4-12-47-23)26-10-11-28(39)31-33(26)53(2)51-36(31)52-58(3,56)57/h8-11,14-15,17,19,23,29,47H,4-5,12-13,16,18H2,1-3H3,(H,49,55)(H,51,52)/t19-,23?,29+/m1/s1. The fourth-order valence-electron chi connectivity index (χ4n) is 7.48. The van der Waals surface area contributed by atoms with Crippen molar-refractivity contribution in [2.75, 3.05) is 17.5 Å². The summed E-state index contributed by atoms with van der Waals surface area (Å²) < 4.78 is 130. The number of amides is 1. The highest BCUT2D eigenvalue weighted by atomic mass is 35.5. The molecule has 1 aliphatic carbocycles. The Morgan fingerprint density at radius 1 is 1.10 bits per heavy atom. The molecule has 1 saturated heterocycles. The van der Waals surface area contributed by atoms with E-state index in [4.69, 9.17) is 16.6 Å². The molecule has 58 heavy (non-hydrogen) atoms. The van der Waals surface area contributed by atoms with Crippen LogP contribution in [0, 0.1) is 29.4 Å². The van der Waals surface area contributed by atoms with Crippen LogP contribution in [0.2, 0.25) is 5.02 Å². The number of halogens is 8. The van der Waals surface area contributed by atoms with Crippen LogP contribution in [-0.2, 0) is 53.4 Å². The lowest BCUT2D eigenvalue weighted by atomic mass is 9.93. The lowest BCUT2D eigenvalue weighted by Gasteiger charge is -2.23. The largest absolute Gasteiger partial charge is 0.435 e. The lowest BCUT2D eigenvalue weighted by Crippen LogP contribution is -2.35. The van der Waals surface area contributed by atoms with Gasteiger partial charge in [-0.15, -0.1) is 0 Å². The Balaban J connectivity index is 1.39. The molecule has 306 valence electrons. The van der Waals surface area contributed by atoms with Crippen molar-refractivity contribution in [2.45, 2.75) is 63.3 Å². The highest BCUT2D eigenvalue weighted by Gasteiger charge is 2.54. The Morgan fingerprint density at radius 3 is 2.47 bits per heavy atom. The van der Waals surface area contributed by atoms with Crippen molar-refractivity contribution in [3.05, 3.63) is 93.0 Å². The minimum Gasteiger partial charge on any atom is -0.346 e. The first-order valence-corrected chi connectivity index (χ1v) is 20.1. The zero-order chi connectivity index (χ0) is 41.9. The van der Waals surface area contributed by atoms with Crippen molar-refractivity contribution in [2.24, 2.45) is 13.0 Å². The average molecular weight is 851 g/mol. The summed E-state index contributed by atoms with van der Waals surface area (Å²) >= 11 is 6.59. The minimum absolute atomic E-state index is 0.0308. The molecule has 3 N–H and O–H groups in total. The average Bonchev–Trinajstić information content (AvgIpc) is 3.88. The molecule has 3 atom stereocenters. The van der Waals surface area contributed by atoms with Crippen LogP contribution in [0.3, 0.4) is 0 Å². The van der Waals surface area contributed by atoms with Crippen LogP contribution in [0.4, 0.5) is 36.6 Å². The summed E-state index contributed by atoms with van der Waals surface area (Å²) in [6, 6.07) is 7.44. The Morgan fingerprint density at radius 2 is 1.81 bits per heavy atom. The molecule has 11 nitrogen and oxygen atoms in total. The molecule has 1 fully saturated rings. The summed E-state index contributed by atoms with van der Waals surface area (Å²) in [5.74, 6) is -2.19. The number of fused-ring (bicyclic) bond motifs is 2. The summed E-state index contributed by atoms with van der Waals surface area (Å²) in [6.45, 7) is 0.780. The van der Waals surface area contributed by atoms with Gasteiger partial charge in [0.15, 0.2) is 11.5 Å². The molecule has 1 amide bonds. The van der Waals surface area contributed by atoms with Crippen LogP contribution in [0.1, 0.15) is 59.7 Å². The van der Waals surface area contributed by atoms with Crippen LogP contribution in [0.5, 0.6) is 0 Å². The number of sulfonamides is 1. The molecule has 7 rings (SSSR count). The van der Waals surface area contributed by atoms with Crippen molar-refractivity contribution < 1.29 is 43.9 Å². The van der Waals surface area contributed by atoms with Gasteiger partial charge in [-0.25, -0.2) is 22.2 Å². The van der Waals surface area contributed by atoms with Gasteiger partial charge in [0.05, 0.1) is 40.0 Å². The van der Waals surface area contributed by atoms with Gasteiger partial charge in [0.25, 0.3) is 5.92 Å². The van der Waals surface area contributed by atoms with Gasteiger partial charge in [-0.2, -0.15) is 32.1 Å². The van der Waals surface area contributed by atoms with Crippen molar-refractivity contribution in [1.82, 2.24) is 35.2 Å². The molecule has 0 bridgehead atoms. The Kier molecular flexibility index (Phi) is 10.7. The van der Waals surface area contributed by atoms with E-state index in [0.717, 1.165) is 44.7 Å². The molecule has 2 aromatic carbocycles. The highest BCUT2D eigenvalue weighted by molar-refractivity contribution is 7.92. The number of rotatable bonds is 9. The first-order valence-electron chi connectivity index (χ1n) is 17.9. The van der Waals surface area contributed by atoms with Crippen molar-refractivity contribution in [3.63, 3.8) is 0 Å². The number of carbonyl (C=O) groups is 1. The number of nitrogens with one attached hydrogen (secondary N) is 3. The molecule has 2 aliphatic rings. The van der Waals surface area contributed by atoms with E-state index in [2.05, 4.69) is 37.4 Å². The number of aryl methyl sites for hydroxylation is 1. The molecular formula is C38H34ClF7N8O3S. The number of benzene rings is 2. The summed E-state index contributed by atoms with van der Waals surface area (Å²) in [6.07, 6.45) is -3.45. The SMILES string of the molecule is C[C@@H]1Cc2c(C(F)(F)F)nn(CC(=O)N[C@@H](Cc3cc(F)cc(F)c3)c3nc(C#CC4CCCN4)ccc3-c3ccc(Cl)c4c(NS(C)(=O)=O)nn(C)c34)c2C1(F)F. The zero-order valence-electron chi connectivity index (χ0n) is 30.9. The van der Waals surface area contributed by atoms with Gasteiger partial charge in [-0.3, -0.25) is 18.9 Å². The molecule has 4 heterocycles. The number of nitrogens with zero attached hydrogens (tertiary/aromatic N) is 5. The molecule has 3 aromatic heterocycles. The predicted octanol–water partition coefficient (Wildman–Crippen LogP) is 6.64. The number of anilines is 1. The van der Waals surface area contributed by atoms with E-state index in [-0.39, 0.29) is 51.2 Å². The normalized spacial score (nSPS) is 18.2. The van der Waals surface area contributed by atoms with E-state index >= 15 is 8.78 Å². The van der Waals surface area contributed by atoms with Gasteiger partial charge < -0.3 is 10.6 Å². The zero-order valence-corrected chi connectivity index (χ0v) is 32.5. The van der Waals surface area contributed by atoms with Crippen molar-refractivity contribution >= 4 is 44.3 Å². The summed E-state index contributed by atoms with van der Waals surface area (Å²) in [5, 5.41) is 14.0. The van der Waals surface area contributed by atoms with Crippen LogP contribution >= 0.6 is 11.6 Å². The first kappa shape index (κ1) is 41.0. The third kappa shape index (κ3) is 8.22. The maximum Gasteiger partial charge on any atom is 0.435 e. The smallest absolute Gasteiger partial charge is 0.346 e. The van der Waals surface area contributed by atoms with Gasteiger partial charge in [-0.1, -0.05) is 30.5 Å². The lowest BCUT2D eigenvalue weighted by molar-refractivity contribution is -0.142. The van der Waals surface area contributed by atoms with Crippen LogP contribution in [0.15, 0.2) is 42.5 Å². The van der Waals surface area contributed by atoms with E-state index < -0.39 is 81.5 Å². The second-order valence-corrected chi connectivity index (χ2v) is 16.5. The maximum atomic E-state index is 15.4. The summed E-state index contributed by atoms with van der Waals surface area (Å²) in [4.78, 5) is 18.7. The monoisotopic (exact) mass is 850 g/mol. The fourth-order valence-corrected chi connectivity index (χ4v) is 8.22. The van der Waals surface area contributed by atoms with Crippen LogP contribution < -0.4 is 15.4 Å². The van der Waals surface area contributed by atoms with Crippen LogP contribution in [-0.4, -0.2) is 57.7 Å². The Labute approximate surface area is 332 Å². The fraction of sp³-hybridized carbons (Fsp3) is 0.368. The number of aromatic nitrogens is 5. The van der Waals surface area contributed by atoms with E-state index in [0.29, 0.717) is 21.8 Å². The van der Waals surface area contributed by atoms with Gasteiger partial charge in [-0.05, 0) is 74.0 Å². The highest BCUT2D eigenvalue weighted by Crippen LogP contribution is 2.49. The first-order chi connectivity index (χ1) is 27.2. The van der Waals surface area contributed by atoms with Gasteiger partial charge >= 0.3 is 6.18 Å². The molecule has 20 heteroatoms. The molecule has 5 aromatic rings. The van der Waals surface area contributed by atoms with Gasteiger partial charge in [0, 0.05) is 35.7 Å². The Bertz CT molecular complexity index is 2610. The molecule has 0 saturated carbocycles. The van der Waals surface area contributed by atoms with Gasteiger partial charge in [0.2, 0.25) is 15.9 Å². The Hall–Kier alpha value is -5.19. The molecule has 0 spiro atoms. The number of alkyl halides is 5. The molecule has 1 unspecified atom stereocenters. The van der Waals surface area contributed by atoms with Crippen molar-refractivity contribution in [3.8, 4) is 23.0 Å². The molecule has 0 radical (unpaired) electrons. The maximum absolute atomic E-state index is 15.4.